The third-order valence-electron chi connectivity index (χ3n) is 4.02. The van der Waals surface area contributed by atoms with Crippen molar-refractivity contribution in [1.29, 1.82) is 5.41 Å². The molecule has 0 aromatic carbocycles. The van der Waals surface area contributed by atoms with Gasteiger partial charge in [-0.2, -0.15) is 0 Å². The zero-order valence-electron chi connectivity index (χ0n) is 10.7. The lowest BCUT2D eigenvalue weighted by Gasteiger charge is -2.48. The number of hydrogen-bond donors (Lipinski definition) is 1. The smallest absolute Gasteiger partial charge is 0.0960 e. The first kappa shape index (κ1) is 11.9. The van der Waals surface area contributed by atoms with Crippen LogP contribution >= 0.6 is 0 Å². The molecule has 0 aromatic rings. The Balaban J connectivity index is 1.97. The van der Waals surface area contributed by atoms with E-state index in [0.717, 1.165) is 37.8 Å². The molecule has 2 atom stereocenters. The quantitative estimate of drug-likeness (QED) is 0.575. The number of nitrogens with one attached hydrogen (secondary N) is 1. The molecule has 0 radical (unpaired) electrons. The van der Waals surface area contributed by atoms with Crippen molar-refractivity contribution in [3.05, 3.63) is 0 Å². The van der Waals surface area contributed by atoms with E-state index in [1.165, 1.54) is 25.8 Å². The van der Waals surface area contributed by atoms with E-state index in [4.69, 9.17) is 5.41 Å². The largest absolute Gasteiger partial charge is 0.355 e. The molecule has 2 aliphatic heterocycles. The van der Waals surface area contributed by atoms with E-state index in [1.54, 1.807) is 0 Å². The van der Waals surface area contributed by atoms with Crippen molar-refractivity contribution in [3.8, 4) is 0 Å². The van der Waals surface area contributed by atoms with Gasteiger partial charge in [0, 0.05) is 31.6 Å². The van der Waals surface area contributed by atoms with Gasteiger partial charge in [0.05, 0.1) is 5.84 Å². The molecule has 2 saturated heterocycles. The van der Waals surface area contributed by atoms with Gasteiger partial charge < -0.3 is 4.90 Å². The number of rotatable bonds is 2. The fourth-order valence-electron chi connectivity index (χ4n) is 3.11. The molecule has 0 saturated carbocycles. The zero-order valence-corrected chi connectivity index (χ0v) is 10.7. The van der Waals surface area contributed by atoms with Crippen LogP contribution in [0.5, 0.6) is 0 Å². The molecule has 0 bridgehead atoms. The minimum absolute atomic E-state index is 0.536. The van der Waals surface area contributed by atoms with Gasteiger partial charge in [0.15, 0.2) is 0 Å². The summed E-state index contributed by atoms with van der Waals surface area (Å²) in [5.41, 5.74) is 0. The second-order valence-corrected chi connectivity index (χ2v) is 5.34. The van der Waals surface area contributed by atoms with Crippen LogP contribution in [0, 0.1) is 5.41 Å². The van der Waals surface area contributed by atoms with Crippen molar-refractivity contribution in [2.24, 2.45) is 0 Å². The molecule has 2 rings (SSSR count). The summed E-state index contributed by atoms with van der Waals surface area (Å²) in [5.74, 6) is 0.861. The van der Waals surface area contributed by atoms with Crippen LogP contribution in [-0.2, 0) is 0 Å². The maximum atomic E-state index is 8.13. The summed E-state index contributed by atoms with van der Waals surface area (Å²) in [6.07, 6.45) is 6.12. The Morgan fingerprint density at radius 1 is 1.31 bits per heavy atom. The SMILES string of the molecule is CCCC(=N)N1CC2CCCCN2CC1C. The summed E-state index contributed by atoms with van der Waals surface area (Å²) in [6, 6.07) is 1.26. The monoisotopic (exact) mass is 223 g/mol. The third kappa shape index (κ3) is 2.40. The molecule has 2 unspecified atom stereocenters. The van der Waals surface area contributed by atoms with Gasteiger partial charge in [-0.3, -0.25) is 10.3 Å². The fraction of sp³-hybridized carbons (Fsp3) is 0.923. The highest BCUT2D eigenvalue weighted by molar-refractivity contribution is 5.79. The molecule has 0 amide bonds. The van der Waals surface area contributed by atoms with Crippen molar-refractivity contribution < 1.29 is 0 Å². The maximum Gasteiger partial charge on any atom is 0.0960 e. The molecule has 16 heavy (non-hydrogen) atoms. The molecule has 0 aliphatic carbocycles. The lowest BCUT2D eigenvalue weighted by molar-refractivity contribution is 0.0489. The predicted octanol–water partition coefficient (Wildman–Crippen LogP) is 2.32. The number of nitrogens with zero attached hydrogens (tertiary/aromatic N) is 2. The van der Waals surface area contributed by atoms with Gasteiger partial charge in [0.1, 0.15) is 0 Å². The Bertz CT molecular complexity index is 252. The van der Waals surface area contributed by atoms with Crippen molar-refractivity contribution in [2.45, 2.75) is 58.0 Å². The molecular formula is C13H25N3. The van der Waals surface area contributed by atoms with Crippen LogP contribution < -0.4 is 0 Å². The van der Waals surface area contributed by atoms with E-state index < -0.39 is 0 Å². The molecule has 0 spiro atoms. The minimum Gasteiger partial charge on any atom is -0.355 e. The molecular weight excluding hydrogens is 198 g/mol. The van der Waals surface area contributed by atoms with Gasteiger partial charge in [-0.05, 0) is 32.7 Å². The van der Waals surface area contributed by atoms with E-state index in [9.17, 15) is 0 Å². The minimum atomic E-state index is 0.536. The fourth-order valence-corrected chi connectivity index (χ4v) is 3.11. The number of hydrogen-bond acceptors (Lipinski definition) is 2. The van der Waals surface area contributed by atoms with Crippen LogP contribution in [0.4, 0.5) is 0 Å². The van der Waals surface area contributed by atoms with Gasteiger partial charge in [-0.25, -0.2) is 0 Å². The van der Waals surface area contributed by atoms with E-state index in [0.29, 0.717) is 6.04 Å². The highest BCUT2D eigenvalue weighted by Crippen LogP contribution is 2.24. The number of fused-ring (bicyclic) bond motifs is 1. The first-order valence-corrected chi connectivity index (χ1v) is 6.80. The number of piperidine rings is 1. The van der Waals surface area contributed by atoms with Gasteiger partial charge in [0.25, 0.3) is 0 Å². The van der Waals surface area contributed by atoms with Crippen LogP contribution in [0.1, 0.15) is 46.0 Å². The predicted molar refractivity (Wildman–Crippen MR) is 68.0 cm³/mol. The first-order valence-electron chi connectivity index (χ1n) is 6.80. The van der Waals surface area contributed by atoms with Crippen LogP contribution in [0.15, 0.2) is 0 Å². The average Bonchev–Trinajstić information content (AvgIpc) is 2.28. The maximum absolute atomic E-state index is 8.13. The van der Waals surface area contributed by atoms with Crippen molar-refractivity contribution in [2.75, 3.05) is 19.6 Å². The van der Waals surface area contributed by atoms with Gasteiger partial charge in [0.2, 0.25) is 0 Å². The summed E-state index contributed by atoms with van der Waals surface area (Å²) in [7, 11) is 0. The normalized spacial score (nSPS) is 31.2. The second kappa shape index (κ2) is 5.17. The Hall–Kier alpha value is -0.570. The molecule has 3 heteroatoms. The average molecular weight is 223 g/mol. The Labute approximate surface area is 99.3 Å². The first-order chi connectivity index (χ1) is 7.72. The Kier molecular flexibility index (Phi) is 3.85. The van der Waals surface area contributed by atoms with Crippen molar-refractivity contribution >= 4 is 5.84 Å². The summed E-state index contributed by atoms with van der Waals surface area (Å²) in [4.78, 5) is 4.99. The second-order valence-electron chi connectivity index (χ2n) is 5.34. The van der Waals surface area contributed by atoms with Crippen LogP contribution in [0.25, 0.3) is 0 Å². The third-order valence-corrected chi connectivity index (χ3v) is 4.02. The zero-order chi connectivity index (χ0) is 11.5. The van der Waals surface area contributed by atoms with Crippen LogP contribution in [-0.4, -0.2) is 47.4 Å². The van der Waals surface area contributed by atoms with Gasteiger partial charge in [-0.15, -0.1) is 0 Å². The Morgan fingerprint density at radius 3 is 2.88 bits per heavy atom. The number of amidine groups is 1. The Morgan fingerprint density at radius 2 is 2.12 bits per heavy atom. The van der Waals surface area contributed by atoms with Gasteiger partial charge in [-0.1, -0.05) is 13.3 Å². The molecule has 2 heterocycles. The summed E-state index contributed by atoms with van der Waals surface area (Å²) < 4.78 is 0. The van der Waals surface area contributed by atoms with E-state index in [2.05, 4.69) is 23.6 Å². The number of piperazine rings is 1. The molecule has 92 valence electrons. The van der Waals surface area contributed by atoms with E-state index in [-0.39, 0.29) is 0 Å². The van der Waals surface area contributed by atoms with E-state index >= 15 is 0 Å². The van der Waals surface area contributed by atoms with Crippen LogP contribution in [0.3, 0.4) is 0 Å². The highest BCUT2D eigenvalue weighted by Gasteiger charge is 2.33. The lowest BCUT2D eigenvalue weighted by atomic mass is 9.97. The summed E-state index contributed by atoms with van der Waals surface area (Å²) in [6.45, 7) is 7.98. The van der Waals surface area contributed by atoms with Crippen LogP contribution in [0.2, 0.25) is 0 Å². The molecule has 2 fully saturated rings. The highest BCUT2D eigenvalue weighted by atomic mass is 15.3. The van der Waals surface area contributed by atoms with E-state index in [1.807, 2.05) is 0 Å². The van der Waals surface area contributed by atoms with Gasteiger partial charge >= 0.3 is 0 Å². The van der Waals surface area contributed by atoms with Crippen molar-refractivity contribution in [3.63, 3.8) is 0 Å². The molecule has 0 aromatic heterocycles. The topological polar surface area (TPSA) is 30.3 Å². The van der Waals surface area contributed by atoms with Crippen molar-refractivity contribution in [1.82, 2.24) is 9.80 Å². The molecule has 1 N–H and O–H groups in total. The summed E-state index contributed by atoms with van der Waals surface area (Å²) >= 11 is 0. The summed E-state index contributed by atoms with van der Waals surface area (Å²) in [5, 5.41) is 8.13. The molecule has 2 aliphatic rings. The standard InChI is InChI=1S/C13H25N3/c1-3-6-13(14)16-10-12-7-4-5-8-15(12)9-11(16)2/h11-12,14H,3-10H2,1-2H3. The lowest BCUT2D eigenvalue weighted by Crippen LogP contribution is -2.59. The molecule has 3 nitrogen and oxygen atoms in total.